The highest BCUT2D eigenvalue weighted by Crippen LogP contribution is 2.37. The molecule has 1 unspecified atom stereocenters. The molecule has 0 spiro atoms. The first kappa shape index (κ1) is 13.1. The maximum Gasteiger partial charge on any atom is 0.327 e. The zero-order chi connectivity index (χ0) is 14.3. The van der Waals surface area contributed by atoms with Crippen molar-refractivity contribution in [3.05, 3.63) is 29.8 Å². The summed E-state index contributed by atoms with van der Waals surface area (Å²) in [5, 5.41) is 9.40. The number of anilines is 1. The van der Waals surface area contributed by atoms with Crippen molar-refractivity contribution in [2.24, 2.45) is 5.73 Å². The molecule has 1 atom stereocenters. The van der Waals surface area contributed by atoms with Crippen molar-refractivity contribution in [2.45, 2.75) is 43.7 Å². The summed E-state index contributed by atoms with van der Waals surface area (Å²) in [7, 11) is 0. The van der Waals surface area contributed by atoms with Gasteiger partial charge in [-0.05, 0) is 24.5 Å². The average molecular weight is 274 g/mol. The Bertz CT molecular complexity index is 564. The maximum absolute atomic E-state index is 12.8. The molecule has 0 aromatic heterocycles. The van der Waals surface area contributed by atoms with Crippen LogP contribution in [0.1, 0.15) is 31.2 Å². The smallest absolute Gasteiger partial charge is 0.327 e. The number of benzene rings is 1. The van der Waals surface area contributed by atoms with Gasteiger partial charge in [0.15, 0.2) is 0 Å². The van der Waals surface area contributed by atoms with Gasteiger partial charge in [0.2, 0.25) is 5.91 Å². The summed E-state index contributed by atoms with van der Waals surface area (Å²) in [5.74, 6) is -1.22. The van der Waals surface area contributed by atoms with E-state index >= 15 is 0 Å². The summed E-state index contributed by atoms with van der Waals surface area (Å²) in [6.45, 7) is 0. The van der Waals surface area contributed by atoms with Crippen LogP contribution in [0.3, 0.4) is 0 Å². The predicted octanol–water partition coefficient (Wildman–Crippen LogP) is 1.30. The molecule has 1 saturated carbocycles. The van der Waals surface area contributed by atoms with E-state index in [-0.39, 0.29) is 5.91 Å². The van der Waals surface area contributed by atoms with Crippen molar-refractivity contribution in [3.63, 3.8) is 0 Å². The fraction of sp³-hybridized carbons (Fsp3) is 0.467. The van der Waals surface area contributed by atoms with Crippen LogP contribution in [0.4, 0.5) is 5.69 Å². The highest BCUT2D eigenvalue weighted by molar-refractivity contribution is 6.06. The number of carbonyl (C=O) groups excluding carboxylic acids is 1. The maximum atomic E-state index is 12.8. The number of hydrogen-bond donors (Lipinski definition) is 2. The SMILES string of the molecule is NC1(C(=O)N2c3ccccc3CC2C(=O)O)CCCC1. The number of rotatable bonds is 2. The number of carboxylic acids is 1. The summed E-state index contributed by atoms with van der Waals surface area (Å²) in [5.41, 5.74) is 6.91. The molecule has 0 bridgehead atoms. The minimum atomic E-state index is -0.976. The Kier molecular flexibility index (Phi) is 3.01. The first-order valence-electron chi connectivity index (χ1n) is 6.96. The number of carboxylic acid groups (broad SMARTS) is 1. The van der Waals surface area contributed by atoms with E-state index in [0.717, 1.165) is 18.4 Å². The van der Waals surface area contributed by atoms with Crippen molar-refractivity contribution < 1.29 is 14.7 Å². The van der Waals surface area contributed by atoms with Crippen molar-refractivity contribution in [1.82, 2.24) is 0 Å². The van der Waals surface area contributed by atoms with Gasteiger partial charge in [0, 0.05) is 12.1 Å². The number of nitrogens with zero attached hydrogens (tertiary/aromatic N) is 1. The van der Waals surface area contributed by atoms with E-state index in [1.165, 1.54) is 4.90 Å². The Morgan fingerprint density at radius 2 is 1.90 bits per heavy atom. The van der Waals surface area contributed by atoms with Crippen molar-refractivity contribution in [2.75, 3.05) is 4.90 Å². The summed E-state index contributed by atoms with van der Waals surface area (Å²) in [4.78, 5) is 25.7. The molecule has 1 heterocycles. The Balaban J connectivity index is 2.00. The second-order valence-electron chi connectivity index (χ2n) is 5.73. The number of aliphatic carboxylic acids is 1. The predicted molar refractivity (Wildman–Crippen MR) is 74.4 cm³/mol. The van der Waals surface area contributed by atoms with Crippen LogP contribution in [0.2, 0.25) is 0 Å². The molecule has 1 amide bonds. The Labute approximate surface area is 117 Å². The third kappa shape index (κ3) is 1.89. The van der Waals surface area contributed by atoms with Crippen molar-refractivity contribution in [3.8, 4) is 0 Å². The van der Waals surface area contributed by atoms with Gasteiger partial charge in [0.05, 0.1) is 5.54 Å². The summed E-state index contributed by atoms with van der Waals surface area (Å²) >= 11 is 0. The van der Waals surface area contributed by atoms with Crippen LogP contribution >= 0.6 is 0 Å². The molecule has 1 fully saturated rings. The van der Waals surface area contributed by atoms with Gasteiger partial charge in [-0.2, -0.15) is 0 Å². The van der Waals surface area contributed by atoms with Gasteiger partial charge >= 0.3 is 5.97 Å². The van der Waals surface area contributed by atoms with Crippen LogP contribution in [0.5, 0.6) is 0 Å². The molecule has 5 heteroatoms. The third-order valence-corrected chi connectivity index (χ3v) is 4.40. The van der Waals surface area contributed by atoms with Gasteiger partial charge < -0.3 is 10.8 Å². The Morgan fingerprint density at radius 1 is 1.25 bits per heavy atom. The van der Waals surface area contributed by atoms with E-state index in [0.29, 0.717) is 24.9 Å². The number of para-hydroxylation sites is 1. The van der Waals surface area contributed by atoms with E-state index in [1.807, 2.05) is 18.2 Å². The molecule has 1 aromatic rings. The molecule has 3 N–H and O–H groups in total. The molecule has 0 saturated heterocycles. The van der Waals surface area contributed by atoms with E-state index < -0.39 is 17.6 Å². The van der Waals surface area contributed by atoms with Gasteiger partial charge in [-0.1, -0.05) is 31.0 Å². The van der Waals surface area contributed by atoms with Gasteiger partial charge in [0.25, 0.3) is 0 Å². The summed E-state index contributed by atoms with van der Waals surface area (Å²) in [6, 6.07) is 6.52. The lowest BCUT2D eigenvalue weighted by Gasteiger charge is -2.31. The highest BCUT2D eigenvalue weighted by atomic mass is 16.4. The molecular formula is C15H18N2O3. The molecule has 106 valence electrons. The molecule has 1 aliphatic carbocycles. The summed E-state index contributed by atoms with van der Waals surface area (Å²) < 4.78 is 0. The minimum Gasteiger partial charge on any atom is -0.480 e. The van der Waals surface area contributed by atoms with Gasteiger partial charge in [0.1, 0.15) is 6.04 Å². The van der Waals surface area contributed by atoms with Crippen LogP contribution < -0.4 is 10.6 Å². The van der Waals surface area contributed by atoms with Crippen LogP contribution in [0.25, 0.3) is 0 Å². The fourth-order valence-corrected chi connectivity index (χ4v) is 3.29. The molecule has 20 heavy (non-hydrogen) atoms. The topological polar surface area (TPSA) is 83.6 Å². The second kappa shape index (κ2) is 4.59. The van der Waals surface area contributed by atoms with Crippen molar-refractivity contribution >= 4 is 17.6 Å². The van der Waals surface area contributed by atoms with Gasteiger partial charge in [-0.25, -0.2) is 4.79 Å². The molecule has 5 nitrogen and oxygen atoms in total. The number of amides is 1. The van der Waals surface area contributed by atoms with Crippen LogP contribution in [0, 0.1) is 0 Å². The lowest BCUT2D eigenvalue weighted by Crippen LogP contribution is -2.57. The molecular weight excluding hydrogens is 256 g/mol. The second-order valence-corrected chi connectivity index (χ2v) is 5.73. The van der Waals surface area contributed by atoms with Crippen LogP contribution in [0.15, 0.2) is 24.3 Å². The quantitative estimate of drug-likeness (QED) is 0.851. The van der Waals surface area contributed by atoms with E-state index in [9.17, 15) is 14.7 Å². The molecule has 2 aliphatic rings. The summed E-state index contributed by atoms with van der Waals surface area (Å²) in [6.07, 6.45) is 3.48. The fourth-order valence-electron chi connectivity index (χ4n) is 3.29. The Morgan fingerprint density at radius 3 is 2.55 bits per heavy atom. The number of carbonyl (C=O) groups is 2. The lowest BCUT2D eigenvalue weighted by atomic mass is 9.96. The lowest BCUT2D eigenvalue weighted by molar-refractivity contribution is -0.140. The van der Waals surface area contributed by atoms with Crippen molar-refractivity contribution in [1.29, 1.82) is 0 Å². The number of nitrogens with two attached hydrogens (primary N) is 1. The zero-order valence-electron chi connectivity index (χ0n) is 11.2. The number of fused-ring (bicyclic) bond motifs is 1. The Hall–Kier alpha value is -1.88. The third-order valence-electron chi connectivity index (χ3n) is 4.40. The molecule has 3 rings (SSSR count). The number of hydrogen-bond acceptors (Lipinski definition) is 3. The standard InChI is InChI=1S/C15H18N2O3/c16-15(7-3-4-8-15)14(20)17-11-6-2-1-5-10(11)9-12(17)13(18)19/h1-2,5-6,12H,3-4,7-9,16H2,(H,18,19). The molecule has 1 aliphatic heterocycles. The van der Waals surface area contributed by atoms with Gasteiger partial charge in [-0.15, -0.1) is 0 Å². The largest absolute Gasteiger partial charge is 0.480 e. The average Bonchev–Trinajstić information content (AvgIpc) is 3.02. The minimum absolute atomic E-state index is 0.243. The van der Waals surface area contributed by atoms with Crippen LogP contribution in [-0.2, 0) is 16.0 Å². The normalized spacial score (nSPS) is 23.6. The monoisotopic (exact) mass is 274 g/mol. The molecule has 0 radical (unpaired) electrons. The highest BCUT2D eigenvalue weighted by Gasteiger charge is 2.46. The molecule has 1 aromatic carbocycles. The van der Waals surface area contributed by atoms with E-state index in [4.69, 9.17) is 5.73 Å². The van der Waals surface area contributed by atoms with Crippen LogP contribution in [-0.4, -0.2) is 28.6 Å². The van der Waals surface area contributed by atoms with E-state index in [2.05, 4.69) is 0 Å². The first-order valence-corrected chi connectivity index (χ1v) is 6.96. The van der Waals surface area contributed by atoms with Gasteiger partial charge in [-0.3, -0.25) is 9.69 Å². The first-order chi connectivity index (χ1) is 9.53. The van der Waals surface area contributed by atoms with E-state index in [1.54, 1.807) is 6.07 Å². The zero-order valence-corrected chi connectivity index (χ0v) is 11.2.